The van der Waals surface area contributed by atoms with Crippen LogP contribution in [0.15, 0.2) is 24.3 Å². The highest BCUT2D eigenvalue weighted by atomic mass is 19.1. The molecule has 2 atom stereocenters. The number of rotatable bonds is 5. The third-order valence-corrected chi connectivity index (χ3v) is 2.99. The Balaban J connectivity index is 1.91. The molecule has 2 unspecified atom stereocenters. The Kier molecular flexibility index (Phi) is 4.48. The fourth-order valence-corrected chi connectivity index (χ4v) is 1.97. The van der Waals surface area contributed by atoms with Crippen molar-refractivity contribution in [3.05, 3.63) is 35.6 Å². The standard InChI is InChI=1S/C13H18FNO2/c14-12-3-1-2-11(6-12)13(7-15)17-9-10-4-5-16-8-10/h1-3,6,10,13H,4-5,7-9,15H2. The molecule has 0 aromatic heterocycles. The number of hydrogen-bond acceptors (Lipinski definition) is 3. The summed E-state index contributed by atoms with van der Waals surface area (Å²) in [7, 11) is 0. The molecule has 94 valence electrons. The van der Waals surface area contributed by atoms with E-state index in [1.807, 2.05) is 6.07 Å². The zero-order valence-corrected chi connectivity index (χ0v) is 9.77. The number of benzene rings is 1. The van der Waals surface area contributed by atoms with Crippen LogP contribution >= 0.6 is 0 Å². The van der Waals surface area contributed by atoms with Gasteiger partial charge in [-0.05, 0) is 24.1 Å². The summed E-state index contributed by atoms with van der Waals surface area (Å²) >= 11 is 0. The second-order valence-electron chi connectivity index (χ2n) is 4.34. The predicted molar refractivity (Wildman–Crippen MR) is 63.1 cm³/mol. The number of hydrogen-bond donors (Lipinski definition) is 1. The molecule has 1 heterocycles. The van der Waals surface area contributed by atoms with E-state index in [4.69, 9.17) is 15.2 Å². The van der Waals surface area contributed by atoms with Gasteiger partial charge in [0.15, 0.2) is 0 Å². The molecular weight excluding hydrogens is 221 g/mol. The van der Waals surface area contributed by atoms with Crippen LogP contribution in [-0.4, -0.2) is 26.4 Å². The lowest BCUT2D eigenvalue weighted by Crippen LogP contribution is -2.20. The van der Waals surface area contributed by atoms with Crippen molar-refractivity contribution in [1.29, 1.82) is 0 Å². The average Bonchev–Trinajstić information content (AvgIpc) is 2.83. The van der Waals surface area contributed by atoms with Gasteiger partial charge in [0.1, 0.15) is 5.82 Å². The van der Waals surface area contributed by atoms with Crippen LogP contribution in [-0.2, 0) is 9.47 Å². The van der Waals surface area contributed by atoms with Crippen LogP contribution in [0.4, 0.5) is 4.39 Å². The fourth-order valence-electron chi connectivity index (χ4n) is 1.97. The maximum atomic E-state index is 13.1. The Morgan fingerprint density at radius 2 is 2.41 bits per heavy atom. The minimum Gasteiger partial charge on any atom is -0.381 e. The summed E-state index contributed by atoms with van der Waals surface area (Å²) in [5, 5.41) is 0. The summed E-state index contributed by atoms with van der Waals surface area (Å²) in [5.74, 6) is 0.186. The Bertz CT molecular complexity index is 353. The van der Waals surface area contributed by atoms with Gasteiger partial charge in [0, 0.05) is 19.1 Å². The maximum Gasteiger partial charge on any atom is 0.123 e. The molecule has 0 radical (unpaired) electrons. The maximum absolute atomic E-state index is 13.1. The molecule has 1 aliphatic heterocycles. The normalized spacial score (nSPS) is 21.6. The van der Waals surface area contributed by atoms with Crippen molar-refractivity contribution in [2.45, 2.75) is 12.5 Å². The highest BCUT2D eigenvalue weighted by Crippen LogP contribution is 2.20. The van der Waals surface area contributed by atoms with Gasteiger partial charge in [0.2, 0.25) is 0 Å². The minimum atomic E-state index is -0.256. The second kappa shape index (κ2) is 6.10. The highest BCUT2D eigenvalue weighted by Gasteiger charge is 2.18. The van der Waals surface area contributed by atoms with Gasteiger partial charge in [0.05, 0.1) is 19.3 Å². The molecule has 2 N–H and O–H groups in total. The quantitative estimate of drug-likeness (QED) is 0.853. The van der Waals surface area contributed by atoms with Crippen LogP contribution in [0.1, 0.15) is 18.1 Å². The second-order valence-corrected chi connectivity index (χ2v) is 4.34. The molecule has 1 aromatic carbocycles. The third kappa shape index (κ3) is 3.49. The molecular formula is C13H18FNO2. The fraction of sp³-hybridized carbons (Fsp3) is 0.538. The Morgan fingerprint density at radius 1 is 1.53 bits per heavy atom. The first kappa shape index (κ1) is 12.5. The topological polar surface area (TPSA) is 44.5 Å². The summed E-state index contributed by atoms with van der Waals surface area (Å²) in [5.41, 5.74) is 6.46. The molecule has 3 nitrogen and oxygen atoms in total. The Morgan fingerprint density at radius 3 is 3.06 bits per heavy atom. The smallest absolute Gasteiger partial charge is 0.123 e. The van der Waals surface area contributed by atoms with E-state index in [2.05, 4.69) is 0 Å². The molecule has 17 heavy (non-hydrogen) atoms. The van der Waals surface area contributed by atoms with Crippen molar-refractivity contribution >= 4 is 0 Å². The Hall–Kier alpha value is -0.970. The number of halogens is 1. The van der Waals surface area contributed by atoms with E-state index in [9.17, 15) is 4.39 Å². The van der Waals surface area contributed by atoms with Crippen LogP contribution in [0, 0.1) is 11.7 Å². The molecule has 0 amide bonds. The van der Waals surface area contributed by atoms with Gasteiger partial charge in [-0.3, -0.25) is 0 Å². The zero-order valence-electron chi connectivity index (χ0n) is 9.77. The van der Waals surface area contributed by atoms with E-state index in [1.165, 1.54) is 12.1 Å². The molecule has 2 rings (SSSR count). The van der Waals surface area contributed by atoms with Gasteiger partial charge in [-0.15, -0.1) is 0 Å². The van der Waals surface area contributed by atoms with Gasteiger partial charge in [0.25, 0.3) is 0 Å². The molecule has 0 saturated carbocycles. The monoisotopic (exact) mass is 239 g/mol. The van der Waals surface area contributed by atoms with Crippen LogP contribution in [0.5, 0.6) is 0 Å². The SMILES string of the molecule is NCC(OCC1CCOC1)c1cccc(F)c1. The highest BCUT2D eigenvalue weighted by molar-refractivity contribution is 5.19. The van der Waals surface area contributed by atoms with E-state index in [0.717, 1.165) is 25.2 Å². The van der Waals surface area contributed by atoms with Crippen molar-refractivity contribution in [2.75, 3.05) is 26.4 Å². The van der Waals surface area contributed by atoms with Gasteiger partial charge in [-0.1, -0.05) is 12.1 Å². The first-order valence-corrected chi connectivity index (χ1v) is 5.94. The van der Waals surface area contributed by atoms with Gasteiger partial charge in [-0.2, -0.15) is 0 Å². The first-order chi connectivity index (χ1) is 8.29. The van der Waals surface area contributed by atoms with E-state index >= 15 is 0 Å². The lowest BCUT2D eigenvalue weighted by atomic mass is 10.1. The van der Waals surface area contributed by atoms with E-state index in [1.54, 1.807) is 6.07 Å². The van der Waals surface area contributed by atoms with Crippen LogP contribution < -0.4 is 5.73 Å². The molecule has 4 heteroatoms. The van der Waals surface area contributed by atoms with Crippen LogP contribution in [0.2, 0.25) is 0 Å². The molecule has 0 bridgehead atoms. The van der Waals surface area contributed by atoms with Crippen LogP contribution in [0.25, 0.3) is 0 Å². The van der Waals surface area contributed by atoms with Crippen LogP contribution in [0.3, 0.4) is 0 Å². The summed E-state index contributed by atoms with van der Waals surface area (Å²) < 4.78 is 24.1. The molecule has 0 aliphatic carbocycles. The third-order valence-electron chi connectivity index (χ3n) is 2.99. The molecule has 1 aliphatic rings. The largest absolute Gasteiger partial charge is 0.381 e. The molecule has 1 fully saturated rings. The number of ether oxygens (including phenoxy) is 2. The van der Waals surface area contributed by atoms with E-state index < -0.39 is 0 Å². The predicted octanol–water partition coefficient (Wildman–Crippen LogP) is 1.88. The van der Waals surface area contributed by atoms with Gasteiger partial charge in [-0.25, -0.2) is 4.39 Å². The van der Waals surface area contributed by atoms with E-state index in [0.29, 0.717) is 19.1 Å². The number of nitrogens with two attached hydrogens (primary N) is 1. The van der Waals surface area contributed by atoms with Crippen molar-refractivity contribution in [2.24, 2.45) is 11.7 Å². The van der Waals surface area contributed by atoms with Gasteiger partial charge < -0.3 is 15.2 Å². The lowest BCUT2D eigenvalue weighted by molar-refractivity contribution is 0.0300. The summed E-state index contributed by atoms with van der Waals surface area (Å²) in [6.45, 7) is 2.54. The molecule has 0 spiro atoms. The van der Waals surface area contributed by atoms with Crippen molar-refractivity contribution < 1.29 is 13.9 Å². The van der Waals surface area contributed by atoms with Crippen molar-refractivity contribution in [3.8, 4) is 0 Å². The Labute approximate surface area is 101 Å². The molecule has 1 aromatic rings. The lowest BCUT2D eigenvalue weighted by Gasteiger charge is -2.18. The van der Waals surface area contributed by atoms with Crippen molar-refractivity contribution in [1.82, 2.24) is 0 Å². The first-order valence-electron chi connectivity index (χ1n) is 5.94. The van der Waals surface area contributed by atoms with Gasteiger partial charge >= 0.3 is 0 Å². The average molecular weight is 239 g/mol. The van der Waals surface area contributed by atoms with E-state index in [-0.39, 0.29) is 11.9 Å². The summed E-state index contributed by atoms with van der Waals surface area (Å²) in [6, 6.07) is 6.41. The van der Waals surface area contributed by atoms with Crippen molar-refractivity contribution in [3.63, 3.8) is 0 Å². The minimum absolute atomic E-state index is 0.230. The summed E-state index contributed by atoms with van der Waals surface area (Å²) in [6.07, 6.45) is 0.798. The zero-order chi connectivity index (χ0) is 12.1. The molecule has 1 saturated heterocycles. The summed E-state index contributed by atoms with van der Waals surface area (Å²) in [4.78, 5) is 0.